The van der Waals surface area contributed by atoms with Gasteiger partial charge in [0, 0.05) is 18.2 Å². The molecule has 3 rings (SSSR count). The maximum absolute atomic E-state index is 14.2. The quantitative estimate of drug-likeness (QED) is 0.812. The minimum Gasteiger partial charge on any atom is -0.461 e. The number of allylic oxidation sites excluding steroid dienone is 2. The fourth-order valence-corrected chi connectivity index (χ4v) is 4.49. The average molecular weight is 383 g/mol. The van der Waals surface area contributed by atoms with Gasteiger partial charge in [0.05, 0.1) is 34.7 Å². The molecule has 1 aromatic rings. The number of halogens is 2. The fraction of sp³-hybridized carbons (Fsp3) is 0.353. The van der Waals surface area contributed by atoms with Crippen molar-refractivity contribution in [2.75, 3.05) is 6.26 Å². The molecule has 1 saturated carbocycles. The lowest BCUT2D eigenvalue weighted by Crippen LogP contribution is -2.32. The number of ether oxygens (including phenoxy) is 1. The van der Waals surface area contributed by atoms with Crippen LogP contribution >= 0.6 is 0 Å². The van der Waals surface area contributed by atoms with Crippen molar-refractivity contribution in [1.82, 2.24) is 0 Å². The van der Waals surface area contributed by atoms with Crippen LogP contribution in [0.5, 0.6) is 5.75 Å². The van der Waals surface area contributed by atoms with Gasteiger partial charge in [-0.15, -0.1) is 0 Å². The molecule has 0 radical (unpaired) electrons. The summed E-state index contributed by atoms with van der Waals surface area (Å²) in [5.74, 6) is -3.20. The van der Waals surface area contributed by atoms with Crippen molar-refractivity contribution in [3.63, 3.8) is 0 Å². The van der Waals surface area contributed by atoms with Crippen molar-refractivity contribution in [2.45, 2.75) is 18.4 Å². The van der Waals surface area contributed by atoms with Crippen LogP contribution in [0.25, 0.3) is 0 Å². The average Bonchev–Trinajstić information content (AvgIpc) is 2.79. The van der Waals surface area contributed by atoms with Gasteiger partial charge in [-0.25, -0.2) is 17.2 Å². The first kappa shape index (κ1) is 18.5. The van der Waals surface area contributed by atoms with Gasteiger partial charge in [-0.2, -0.15) is 5.26 Å². The van der Waals surface area contributed by atoms with Crippen LogP contribution in [0, 0.1) is 29.0 Å². The summed E-state index contributed by atoms with van der Waals surface area (Å²) < 4.78 is 57.1. The molecule has 9 heteroatoms. The van der Waals surface area contributed by atoms with Crippen molar-refractivity contribution >= 4 is 9.84 Å². The molecular formula is C17H15F2NO5S. The van der Waals surface area contributed by atoms with E-state index in [1.165, 1.54) is 18.2 Å². The molecule has 0 aliphatic heterocycles. The van der Waals surface area contributed by atoms with E-state index < -0.39 is 45.9 Å². The van der Waals surface area contributed by atoms with E-state index in [9.17, 15) is 27.4 Å². The van der Waals surface area contributed by atoms with Crippen LogP contribution in [-0.4, -0.2) is 43.3 Å². The second kappa shape index (κ2) is 6.46. The number of nitrogens with zero attached hydrogens (tertiary/aromatic N) is 1. The first-order valence-electron chi connectivity index (χ1n) is 7.64. The van der Waals surface area contributed by atoms with Crippen molar-refractivity contribution in [3.05, 3.63) is 52.4 Å². The summed E-state index contributed by atoms with van der Waals surface area (Å²) in [4.78, 5) is -0.210. The Morgan fingerprint density at radius 2 is 1.81 bits per heavy atom. The van der Waals surface area contributed by atoms with E-state index in [1.807, 2.05) is 0 Å². The standard InChI is InChI=1S/C17H15F2NO5S/c1-26(23,24)12-3-2-11(13-14(12)17(22)15(19)16(13)21)25-10-5-8(7-20)4-9(18)6-10/h2-6,13-17,21-22H,1H3/t13?,14?,15-,16-,17+/m1/s1. The molecule has 0 amide bonds. The Morgan fingerprint density at radius 1 is 1.15 bits per heavy atom. The lowest BCUT2D eigenvalue weighted by molar-refractivity contribution is 0.0259. The van der Waals surface area contributed by atoms with Crippen LogP contribution in [0.2, 0.25) is 0 Å². The number of alkyl halides is 1. The first-order valence-corrected chi connectivity index (χ1v) is 9.53. The van der Waals surface area contributed by atoms with Crippen LogP contribution in [-0.2, 0) is 9.84 Å². The second-order valence-electron chi connectivity index (χ2n) is 6.28. The molecule has 5 atom stereocenters. The maximum atomic E-state index is 14.2. The molecule has 1 fully saturated rings. The van der Waals surface area contributed by atoms with Gasteiger partial charge in [-0.3, -0.25) is 0 Å². The number of aliphatic hydroxyl groups is 2. The molecule has 0 bridgehead atoms. The van der Waals surface area contributed by atoms with E-state index in [1.54, 1.807) is 6.07 Å². The SMILES string of the molecule is CS(=O)(=O)C1=CC=C(Oc2cc(F)cc(C#N)c2)C2C1[C@H](O)[C@H](F)[C@@H]2O. The van der Waals surface area contributed by atoms with Crippen LogP contribution in [0.1, 0.15) is 5.56 Å². The predicted molar refractivity (Wildman–Crippen MR) is 86.6 cm³/mol. The summed E-state index contributed by atoms with van der Waals surface area (Å²) in [5.41, 5.74) is -0.00398. The van der Waals surface area contributed by atoms with Crippen molar-refractivity contribution in [2.24, 2.45) is 11.8 Å². The summed E-state index contributed by atoms with van der Waals surface area (Å²) in [6, 6.07) is 5.01. The number of rotatable bonds is 3. The smallest absolute Gasteiger partial charge is 0.172 e. The molecule has 2 aliphatic rings. The van der Waals surface area contributed by atoms with Crippen molar-refractivity contribution in [1.29, 1.82) is 5.26 Å². The zero-order chi connectivity index (χ0) is 19.2. The molecule has 0 saturated heterocycles. The van der Waals surface area contributed by atoms with Crippen LogP contribution in [0.15, 0.2) is 41.0 Å². The molecule has 26 heavy (non-hydrogen) atoms. The lowest BCUT2D eigenvalue weighted by Gasteiger charge is -2.29. The molecule has 2 unspecified atom stereocenters. The molecule has 138 valence electrons. The Balaban J connectivity index is 2.05. The Labute approximate surface area is 148 Å². The molecule has 1 aromatic carbocycles. The number of sulfone groups is 1. The number of benzene rings is 1. The van der Waals surface area contributed by atoms with Crippen LogP contribution in [0.3, 0.4) is 0 Å². The van der Waals surface area contributed by atoms with Gasteiger partial charge in [-0.1, -0.05) is 0 Å². The molecule has 0 aromatic heterocycles. The van der Waals surface area contributed by atoms with Gasteiger partial charge < -0.3 is 14.9 Å². The van der Waals surface area contributed by atoms with Crippen molar-refractivity contribution in [3.8, 4) is 11.8 Å². The van der Waals surface area contributed by atoms with Crippen molar-refractivity contribution < 1.29 is 32.1 Å². The highest BCUT2D eigenvalue weighted by atomic mass is 32.2. The number of fused-ring (bicyclic) bond motifs is 1. The third-order valence-corrected chi connectivity index (χ3v) is 5.77. The van der Waals surface area contributed by atoms with E-state index in [0.29, 0.717) is 0 Å². The highest BCUT2D eigenvalue weighted by Gasteiger charge is 2.56. The molecule has 2 aliphatic carbocycles. The maximum Gasteiger partial charge on any atom is 0.172 e. The normalized spacial score (nSPS) is 30.8. The van der Waals surface area contributed by atoms with Gasteiger partial charge >= 0.3 is 0 Å². The number of nitriles is 1. The first-order chi connectivity index (χ1) is 12.1. The summed E-state index contributed by atoms with van der Waals surface area (Å²) in [5, 5.41) is 29.1. The van der Waals surface area contributed by atoms with E-state index in [2.05, 4.69) is 0 Å². The largest absolute Gasteiger partial charge is 0.461 e. The van der Waals surface area contributed by atoms with Gasteiger partial charge in [0.1, 0.15) is 17.3 Å². The van der Waals surface area contributed by atoms with Crippen LogP contribution in [0.4, 0.5) is 8.78 Å². The van der Waals surface area contributed by atoms with E-state index in [4.69, 9.17) is 10.00 Å². The zero-order valence-electron chi connectivity index (χ0n) is 13.5. The third-order valence-electron chi connectivity index (χ3n) is 4.51. The Morgan fingerprint density at radius 3 is 2.42 bits per heavy atom. The molecular weight excluding hydrogens is 368 g/mol. The fourth-order valence-electron chi connectivity index (χ4n) is 3.40. The molecule has 0 spiro atoms. The number of hydrogen-bond donors (Lipinski definition) is 2. The number of aliphatic hydroxyl groups excluding tert-OH is 2. The molecule has 2 N–H and O–H groups in total. The van der Waals surface area contributed by atoms with Gasteiger partial charge in [0.25, 0.3) is 0 Å². The predicted octanol–water partition coefficient (Wildman–Crippen LogP) is 1.21. The molecule has 6 nitrogen and oxygen atoms in total. The summed E-state index contributed by atoms with van der Waals surface area (Å²) >= 11 is 0. The molecule has 0 heterocycles. The minimum atomic E-state index is -3.75. The Hall–Kier alpha value is -2.28. The van der Waals surface area contributed by atoms with Gasteiger partial charge in [-0.05, 0) is 24.3 Å². The Kier molecular flexibility index (Phi) is 4.60. The summed E-state index contributed by atoms with van der Waals surface area (Å²) in [6.45, 7) is 0. The third kappa shape index (κ3) is 3.11. The van der Waals surface area contributed by atoms with E-state index in [-0.39, 0.29) is 22.0 Å². The van der Waals surface area contributed by atoms with E-state index in [0.717, 1.165) is 18.4 Å². The zero-order valence-corrected chi connectivity index (χ0v) is 14.3. The second-order valence-corrected chi connectivity index (χ2v) is 8.29. The summed E-state index contributed by atoms with van der Waals surface area (Å²) in [6.07, 6.45) is -2.16. The van der Waals surface area contributed by atoms with Gasteiger partial charge in [0.15, 0.2) is 16.0 Å². The highest BCUT2D eigenvalue weighted by Crippen LogP contribution is 2.47. The Bertz CT molecular complexity index is 950. The highest BCUT2D eigenvalue weighted by molar-refractivity contribution is 7.94. The topological polar surface area (TPSA) is 108 Å². The minimum absolute atomic E-state index is 0.00398. The van der Waals surface area contributed by atoms with Gasteiger partial charge in [0.2, 0.25) is 0 Å². The van der Waals surface area contributed by atoms with E-state index >= 15 is 0 Å². The lowest BCUT2D eigenvalue weighted by atomic mass is 9.87. The summed E-state index contributed by atoms with van der Waals surface area (Å²) in [7, 11) is -3.75. The number of hydrogen-bond acceptors (Lipinski definition) is 6. The van der Waals surface area contributed by atoms with Crippen LogP contribution < -0.4 is 4.74 Å². The monoisotopic (exact) mass is 383 g/mol.